The molecule has 1 N–H and O–H groups in total. The van der Waals surface area contributed by atoms with Crippen molar-refractivity contribution in [1.29, 1.82) is 0 Å². The average Bonchev–Trinajstić information content (AvgIpc) is 0.918. The third-order valence-corrected chi connectivity index (χ3v) is 0. The molecular weight excluding hydrogens is 130 g/mol. The van der Waals surface area contributed by atoms with Gasteiger partial charge in [0, 0.05) is 23.7 Å². The molecule has 0 aliphatic carbocycles. The second-order valence-electron chi connectivity index (χ2n) is 0.316. The van der Waals surface area contributed by atoms with Gasteiger partial charge in [0.05, 0.1) is 0 Å². The normalized spacial score (nSPS) is 3.60. The van der Waals surface area contributed by atoms with Crippen molar-refractivity contribution in [2.24, 2.45) is 0 Å². The van der Waals surface area contributed by atoms with Crippen molar-refractivity contribution in [3.8, 4) is 0 Å². The molecule has 0 aromatic carbocycles. The Bertz CT molecular complexity index is 9.61. The number of aliphatic hydroxyl groups excluding tert-OH is 1. The second kappa shape index (κ2) is 21.6. The van der Waals surface area contributed by atoms with Gasteiger partial charge in [-0.1, -0.05) is 0 Å². The number of rotatable bonds is 0. The number of halogens is 1. The summed E-state index contributed by atoms with van der Waals surface area (Å²) in [6.07, 6.45) is 0. The van der Waals surface area contributed by atoms with Crippen molar-refractivity contribution in [3.05, 3.63) is 0 Å². The maximum Gasteiger partial charge on any atom is 0.0402 e. The van der Waals surface area contributed by atoms with Gasteiger partial charge in [-0.25, -0.2) is 0 Å². The summed E-state index contributed by atoms with van der Waals surface area (Å²) in [6, 6.07) is 0. The smallest absolute Gasteiger partial charge is 0.0402 e. The Morgan fingerprint density at radius 2 is 1.60 bits per heavy atom. The molecule has 0 fully saturated rings. The van der Waals surface area contributed by atoms with Gasteiger partial charge in [-0.3, -0.25) is 0 Å². The van der Waals surface area contributed by atoms with E-state index in [-0.39, 0.29) is 36.1 Å². The van der Waals surface area contributed by atoms with Crippen LogP contribution in [0.5, 0.6) is 0 Å². The minimum atomic E-state index is 0. The fourth-order valence-corrected chi connectivity index (χ4v) is 0. The molecule has 35 valence electrons. The third-order valence-electron chi connectivity index (χ3n) is 0. The summed E-state index contributed by atoms with van der Waals surface area (Å²) in [5, 5.41) is 7.57. The van der Waals surface area contributed by atoms with Crippen LogP contribution >= 0.6 is 0 Å². The van der Waals surface area contributed by atoms with Gasteiger partial charge in [-0.05, 0) is 6.92 Å². The molecule has 0 aromatic rings. The second-order valence-corrected chi connectivity index (χ2v) is 0.316. The molecule has 0 amide bonds. The Kier molecular flexibility index (Phi) is 74.1. The van der Waals surface area contributed by atoms with E-state index in [1.54, 1.807) is 6.92 Å². The molecule has 1 radical (unpaired) electrons. The van der Waals surface area contributed by atoms with E-state index in [1.165, 1.54) is 0 Å². The molecule has 0 aliphatic rings. The van der Waals surface area contributed by atoms with Crippen molar-refractivity contribution in [2.45, 2.75) is 6.92 Å². The zero-order valence-corrected chi connectivity index (χ0v) is 4.85. The van der Waals surface area contributed by atoms with E-state index in [0.29, 0.717) is 0 Å². The SMILES string of the molecule is CCO.[Cl-].[Mn]. The zero-order valence-electron chi connectivity index (χ0n) is 2.91. The Labute approximate surface area is 48.6 Å². The molecule has 5 heavy (non-hydrogen) atoms. The largest absolute Gasteiger partial charge is 1.00 e. The molecule has 0 atom stereocenters. The summed E-state index contributed by atoms with van der Waals surface area (Å²) in [4.78, 5) is 0. The van der Waals surface area contributed by atoms with Crippen LogP contribution in [0.15, 0.2) is 0 Å². The molecule has 0 aromatic heterocycles. The molecule has 0 aliphatic heterocycles. The predicted molar refractivity (Wildman–Crippen MR) is 12.8 cm³/mol. The van der Waals surface area contributed by atoms with E-state index in [0.717, 1.165) is 0 Å². The molecule has 0 spiro atoms. The van der Waals surface area contributed by atoms with Gasteiger partial charge in [0.15, 0.2) is 0 Å². The van der Waals surface area contributed by atoms with Gasteiger partial charge in [0.1, 0.15) is 0 Å². The monoisotopic (exact) mass is 136 g/mol. The summed E-state index contributed by atoms with van der Waals surface area (Å²) in [5.74, 6) is 0. The first-order valence-corrected chi connectivity index (χ1v) is 1.02. The fourth-order valence-electron chi connectivity index (χ4n) is 0. The van der Waals surface area contributed by atoms with Crippen LogP contribution in [0.1, 0.15) is 6.92 Å². The molecule has 0 saturated carbocycles. The van der Waals surface area contributed by atoms with E-state index in [4.69, 9.17) is 5.11 Å². The van der Waals surface area contributed by atoms with E-state index in [1.807, 2.05) is 0 Å². The molecule has 0 bridgehead atoms. The minimum Gasteiger partial charge on any atom is -1.00 e. The standard InChI is InChI=1S/C2H6O.ClH.Mn/c1-2-3;;/h3H,2H2,1H3;1H;/p-1. The first-order chi connectivity index (χ1) is 1.41. The topological polar surface area (TPSA) is 20.2 Å². The first kappa shape index (κ1) is 17.1. The van der Waals surface area contributed by atoms with Crippen molar-refractivity contribution < 1.29 is 34.6 Å². The molecule has 0 unspecified atom stereocenters. The molecule has 0 rings (SSSR count). The van der Waals surface area contributed by atoms with Gasteiger partial charge in [-0.2, -0.15) is 0 Å². The van der Waals surface area contributed by atoms with E-state index in [9.17, 15) is 0 Å². The summed E-state index contributed by atoms with van der Waals surface area (Å²) in [7, 11) is 0. The van der Waals surface area contributed by atoms with Gasteiger partial charge < -0.3 is 17.5 Å². The maximum absolute atomic E-state index is 7.57. The van der Waals surface area contributed by atoms with Crippen LogP contribution in [0, 0.1) is 0 Å². The Morgan fingerprint density at radius 3 is 1.60 bits per heavy atom. The van der Waals surface area contributed by atoms with E-state index < -0.39 is 0 Å². The quantitative estimate of drug-likeness (QED) is 0.352. The molecule has 1 nitrogen and oxygen atoms in total. The van der Waals surface area contributed by atoms with Crippen molar-refractivity contribution >= 4 is 0 Å². The van der Waals surface area contributed by atoms with E-state index in [2.05, 4.69) is 0 Å². The van der Waals surface area contributed by atoms with Gasteiger partial charge in [0.25, 0.3) is 0 Å². The number of hydrogen-bond acceptors (Lipinski definition) is 1. The van der Waals surface area contributed by atoms with Crippen molar-refractivity contribution in [2.75, 3.05) is 6.61 Å². The average molecular weight is 136 g/mol. The Hall–Kier alpha value is 0.769. The zero-order chi connectivity index (χ0) is 2.71. The third kappa shape index (κ3) is 61.8. The molecule has 0 saturated heterocycles. The summed E-state index contributed by atoms with van der Waals surface area (Å²) >= 11 is 0. The minimum absolute atomic E-state index is 0. The summed E-state index contributed by atoms with van der Waals surface area (Å²) in [5.41, 5.74) is 0. The predicted octanol–water partition coefficient (Wildman–Crippen LogP) is -3.00. The Balaban J connectivity index is -0.0000000200. The van der Waals surface area contributed by atoms with Crippen LogP contribution in [0.2, 0.25) is 0 Å². The molecule has 0 heterocycles. The van der Waals surface area contributed by atoms with Gasteiger partial charge in [0.2, 0.25) is 0 Å². The number of hydrogen-bond donors (Lipinski definition) is 1. The maximum atomic E-state index is 7.57. The molecular formula is C2H6ClMnO-. The van der Waals surface area contributed by atoms with Crippen LogP contribution < -0.4 is 12.4 Å². The first-order valence-electron chi connectivity index (χ1n) is 1.02. The molecule has 3 heteroatoms. The van der Waals surface area contributed by atoms with Crippen LogP contribution in [0.25, 0.3) is 0 Å². The Morgan fingerprint density at radius 1 is 1.60 bits per heavy atom. The summed E-state index contributed by atoms with van der Waals surface area (Å²) < 4.78 is 0. The van der Waals surface area contributed by atoms with Crippen LogP contribution in [-0.2, 0) is 17.1 Å². The van der Waals surface area contributed by atoms with Crippen molar-refractivity contribution in [1.82, 2.24) is 0 Å². The van der Waals surface area contributed by atoms with Crippen LogP contribution in [0.3, 0.4) is 0 Å². The van der Waals surface area contributed by atoms with Crippen molar-refractivity contribution in [3.63, 3.8) is 0 Å². The van der Waals surface area contributed by atoms with Crippen LogP contribution in [-0.4, -0.2) is 11.7 Å². The van der Waals surface area contributed by atoms with Gasteiger partial charge in [-0.15, -0.1) is 0 Å². The fraction of sp³-hybridized carbons (Fsp3) is 1.00. The van der Waals surface area contributed by atoms with Gasteiger partial charge >= 0.3 is 0 Å². The van der Waals surface area contributed by atoms with E-state index >= 15 is 0 Å². The number of aliphatic hydroxyl groups is 1. The summed E-state index contributed by atoms with van der Waals surface area (Å²) in [6.45, 7) is 1.93. The van der Waals surface area contributed by atoms with Crippen LogP contribution in [0.4, 0.5) is 0 Å².